The molecular weight excluding hydrogens is 316 g/mol. The molecule has 0 spiro atoms. The summed E-state index contributed by atoms with van der Waals surface area (Å²) in [5, 5.41) is 13.8. The van der Waals surface area contributed by atoms with Crippen LogP contribution in [0.1, 0.15) is 20.9 Å². The highest BCUT2D eigenvalue weighted by molar-refractivity contribution is 7.05. The SMILES string of the molecule is Cc1nnsc1CN(C)c1nc(N)nc2ccc(C(=O)O)cc12. The number of rotatable bonds is 4. The fourth-order valence-corrected chi connectivity index (χ4v) is 2.93. The van der Waals surface area contributed by atoms with Crippen molar-refractivity contribution in [1.82, 2.24) is 19.6 Å². The van der Waals surface area contributed by atoms with Gasteiger partial charge in [0.05, 0.1) is 28.2 Å². The molecule has 0 aliphatic heterocycles. The van der Waals surface area contributed by atoms with E-state index in [0.29, 0.717) is 23.3 Å². The van der Waals surface area contributed by atoms with Crippen LogP contribution in [0.25, 0.3) is 10.9 Å². The standard InChI is InChI=1S/C14H14N6O2S/c1-7-11(23-19-18-7)6-20(2)12-9-5-8(13(21)22)3-4-10(9)16-14(15)17-12/h3-5H,6H2,1-2H3,(H,21,22)(H2,15,16,17). The number of nitrogens with zero attached hydrogens (tertiary/aromatic N) is 5. The molecule has 1 aromatic carbocycles. The smallest absolute Gasteiger partial charge is 0.335 e. The zero-order chi connectivity index (χ0) is 16.6. The second-order valence-corrected chi connectivity index (χ2v) is 5.92. The number of benzene rings is 1. The Morgan fingerprint density at radius 1 is 1.39 bits per heavy atom. The number of hydrogen-bond donors (Lipinski definition) is 2. The third-order valence-electron chi connectivity index (χ3n) is 3.43. The highest BCUT2D eigenvalue weighted by Crippen LogP contribution is 2.27. The van der Waals surface area contributed by atoms with Gasteiger partial charge in [-0.3, -0.25) is 0 Å². The summed E-state index contributed by atoms with van der Waals surface area (Å²) in [6.07, 6.45) is 0. The van der Waals surface area contributed by atoms with E-state index >= 15 is 0 Å². The first-order chi connectivity index (χ1) is 11.0. The van der Waals surface area contributed by atoms with E-state index in [9.17, 15) is 9.90 Å². The van der Waals surface area contributed by atoms with Crippen molar-refractivity contribution in [2.24, 2.45) is 0 Å². The lowest BCUT2D eigenvalue weighted by atomic mass is 10.1. The first-order valence-electron chi connectivity index (χ1n) is 6.75. The second-order valence-electron chi connectivity index (χ2n) is 5.08. The highest BCUT2D eigenvalue weighted by atomic mass is 32.1. The van der Waals surface area contributed by atoms with Crippen LogP contribution >= 0.6 is 11.5 Å². The van der Waals surface area contributed by atoms with Crippen molar-refractivity contribution in [2.45, 2.75) is 13.5 Å². The molecule has 0 amide bonds. The Balaban J connectivity index is 2.09. The van der Waals surface area contributed by atoms with Crippen molar-refractivity contribution in [1.29, 1.82) is 0 Å². The highest BCUT2D eigenvalue weighted by Gasteiger charge is 2.15. The predicted molar refractivity (Wildman–Crippen MR) is 87.7 cm³/mol. The zero-order valence-electron chi connectivity index (χ0n) is 12.5. The van der Waals surface area contributed by atoms with Gasteiger partial charge in [0.15, 0.2) is 0 Å². The molecule has 0 saturated carbocycles. The maximum absolute atomic E-state index is 11.2. The molecule has 0 radical (unpaired) electrons. The van der Waals surface area contributed by atoms with Crippen LogP contribution in [0.2, 0.25) is 0 Å². The molecule has 9 heteroatoms. The van der Waals surface area contributed by atoms with Crippen molar-refractivity contribution < 1.29 is 9.90 Å². The molecule has 2 heterocycles. The van der Waals surface area contributed by atoms with E-state index < -0.39 is 5.97 Å². The zero-order valence-corrected chi connectivity index (χ0v) is 13.3. The summed E-state index contributed by atoms with van der Waals surface area (Å²) in [6, 6.07) is 4.69. The molecule has 0 aliphatic rings. The Kier molecular flexibility index (Phi) is 3.78. The topological polar surface area (TPSA) is 118 Å². The van der Waals surface area contributed by atoms with Gasteiger partial charge in [-0.05, 0) is 36.7 Å². The first-order valence-corrected chi connectivity index (χ1v) is 7.52. The molecule has 0 aliphatic carbocycles. The van der Waals surface area contributed by atoms with Crippen LogP contribution in [-0.2, 0) is 6.54 Å². The van der Waals surface area contributed by atoms with Crippen LogP contribution in [0, 0.1) is 6.92 Å². The molecule has 0 unspecified atom stereocenters. The second kappa shape index (κ2) is 5.76. The number of aryl methyl sites for hydroxylation is 1. The lowest BCUT2D eigenvalue weighted by Crippen LogP contribution is -2.19. The van der Waals surface area contributed by atoms with Crippen LogP contribution < -0.4 is 10.6 Å². The summed E-state index contributed by atoms with van der Waals surface area (Å²) in [6.45, 7) is 2.44. The molecule has 0 saturated heterocycles. The summed E-state index contributed by atoms with van der Waals surface area (Å²) in [4.78, 5) is 22.5. The van der Waals surface area contributed by atoms with Crippen molar-refractivity contribution >= 4 is 40.2 Å². The number of hydrogen-bond acceptors (Lipinski definition) is 8. The maximum Gasteiger partial charge on any atom is 0.335 e. The minimum absolute atomic E-state index is 0.140. The van der Waals surface area contributed by atoms with Gasteiger partial charge in [0.2, 0.25) is 5.95 Å². The van der Waals surface area contributed by atoms with Crippen molar-refractivity contribution in [2.75, 3.05) is 17.7 Å². The number of carboxylic acid groups (broad SMARTS) is 1. The van der Waals surface area contributed by atoms with E-state index in [-0.39, 0.29) is 11.5 Å². The van der Waals surface area contributed by atoms with Crippen molar-refractivity contribution in [3.63, 3.8) is 0 Å². The van der Waals surface area contributed by atoms with Gasteiger partial charge in [0.1, 0.15) is 5.82 Å². The summed E-state index contributed by atoms with van der Waals surface area (Å²) in [7, 11) is 1.85. The number of nitrogens with two attached hydrogens (primary N) is 1. The lowest BCUT2D eigenvalue weighted by molar-refractivity contribution is 0.0697. The van der Waals surface area contributed by atoms with E-state index in [1.807, 2.05) is 18.9 Å². The normalized spacial score (nSPS) is 10.9. The number of anilines is 2. The van der Waals surface area contributed by atoms with Gasteiger partial charge in [-0.1, -0.05) is 4.49 Å². The maximum atomic E-state index is 11.2. The van der Waals surface area contributed by atoms with Crippen molar-refractivity contribution in [3.8, 4) is 0 Å². The molecule has 0 fully saturated rings. The number of aromatic carboxylic acids is 1. The van der Waals surface area contributed by atoms with E-state index in [4.69, 9.17) is 5.73 Å². The molecule has 3 rings (SSSR count). The number of nitrogen functional groups attached to an aromatic ring is 1. The molecule has 118 valence electrons. The average molecular weight is 330 g/mol. The van der Waals surface area contributed by atoms with Crippen LogP contribution in [-0.4, -0.2) is 37.7 Å². The molecule has 8 nitrogen and oxygen atoms in total. The number of carboxylic acids is 1. The van der Waals surface area contributed by atoms with Gasteiger partial charge in [-0.25, -0.2) is 9.78 Å². The molecule has 2 aromatic heterocycles. The van der Waals surface area contributed by atoms with Crippen LogP contribution in [0.4, 0.5) is 11.8 Å². The number of carbonyl (C=O) groups is 1. The fourth-order valence-electron chi connectivity index (χ4n) is 2.24. The number of aromatic nitrogens is 4. The molecule has 23 heavy (non-hydrogen) atoms. The van der Waals surface area contributed by atoms with Crippen molar-refractivity contribution in [3.05, 3.63) is 34.3 Å². The molecule has 0 bridgehead atoms. The largest absolute Gasteiger partial charge is 0.478 e. The predicted octanol–water partition coefficient (Wildman–Crippen LogP) is 1.71. The minimum Gasteiger partial charge on any atom is -0.478 e. The van der Waals surface area contributed by atoms with E-state index in [2.05, 4.69) is 19.6 Å². The van der Waals surface area contributed by atoms with Gasteiger partial charge in [0, 0.05) is 12.4 Å². The molecule has 3 aromatic rings. The summed E-state index contributed by atoms with van der Waals surface area (Å²) in [5.74, 6) is -0.287. The van der Waals surface area contributed by atoms with Crippen LogP contribution in [0.3, 0.4) is 0 Å². The van der Waals surface area contributed by atoms with Gasteiger partial charge >= 0.3 is 5.97 Å². The molecule has 3 N–H and O–H groups in total. The fraction of sp³-hybridized carbons (Fsp3) is 0.214. The monoisotopic (exact) mass is 330 g/mol. The Hall–Kier alpha value is -2.81. The van der Waals surface area contributed by atoms with Gasteiger partial charge in [-0.2, -0.15) is 4.98 Å². The van der Waals surface area contributed by atoms with Gasteiger partial charge in [-0.15, -0.1) is 5.10 Å². The third-order valence-corrected chi connectivity index (χ3v) is 4.24. The van der Waals surface area contributed by atoms with Crippen LogP contribution in [0.15, 0.2) is 18.2 Å². The third kappa shape index (κ3) is 2.90. The average Bonchev–Trinajstić information content (AvgIpc) is 2.90. The molecule has 0 atom stereocenters. The van der Waals surface area contributed by atoms with Gasteiger partial charge in [0.25, 0.3) is 0 Å². The minimum atomic E-state index is -1.00. The Labute approximate surface area is 135 Å². The first kappa shape index (κ1) is 15.1. The lowest BCUT2D eigenvalue weighted by Gasteiger charge is -2.19. The van der Waals surface area contributed by atoms with Gasteiger partial charge < -0.3 is 15.7 Å². The van der Waals surface area contributed by atoms with E-state index in [0.717, 1.165) is 10.6 Å². The Bertz CT molecular complexity index is 894. The summed E-state index contributed by atoms with van der Waals surface area (Å²) in [5.41, 5.74) is 7.41. The summed E-state index contributed by atoms with van der Waals surface area (Å²) >= 11 is 1.32. The molecular formula is C14H14N6O2S. The summed E-state index contributed by atoms with van der Waals surface area (Å²) < 4.78 is 3.92. The van der Waals surface area contributed by atoms with E-state index in [1.165, 1.54) is 17.6 Å². The van der Waals surface area contributed by atoms with E-state index in [1.54, 1.807) is 12.1 Å². The quantitative estimate of drug-likeness (QED) is 0.742. The van der Waals surface area contributed by atoms with Crippen LogP contribution in [0.5, 0.6) is 0 Å². The Morgan fingerprint density at radius 2 is 2.17 bits per heavy atom. The number of fused-ring (bicyclic) bond motifs is 1. The Morgan fingerprint density at radius 3 is 2.83 bits per heavy atom.